The molecule has 0 spiro atoms. The molecule has 0 aliphatic carbocycles. The Balaban J connectivity index is 0.000000175. The number of hydrogen-bond donors (Lipinski definition) is 0. The highest BCUT2D eigenvalue weighted by Gasteiger charge is 2.18. The third-order valence-electron chi connectivity index (χ3n) is 16.2. The van der Waals surface area contributed by atoms with Crippen LogP contribution in [-0.2, 0) is 42.3 Å². The van der Waals surface area contributed by atoms with Crippen LogP contribution in [0.15, 0.2) is 249 Å². The van der Waals surface area contributed by atoms with Crippen molar-refractivity contribution in [1.82, 2.24) is 0 Å². The quantitative estimate of drug-likeness (QED) is 0.148. The molecule has 6 heteroatoms. The summed E-state index contributed by atoms with van der Waals surface area (Å²) in [5.41, 5.74) is 24.9. The van der Waals surface area contributed by atoms with Gasteiger partial charge in [-0.2, -0.15) is 9.13 Å². The molecule has 6 nitrogen and oxygen atoms in total. The fourth-order valence-electron chi connectivity index (χ4n) is 10.6. The normalized spacial score (nSPS) is 12.7. The molecule has 0 bridgehead atoms. The van der Waals surface area contributed by atoms with Crippen LogP contribution in [-0.4, -0.2) is 0 Å². The van der Waals surface area contributed by atoms with Gasteiger partial charge in [0.2, 0.25) is 34.2 Å². The van der Waals surface area contributed by atoms with E-state index in [1.165, 1.54) is 90.0 Å². The molecule has 0 saturated carbocycles. The van der Waals surface area contributed by atoms with Crippen LogP contribution in [0.2, 0.25) is 0 Å². The smallest absolute Gasteiger partial charge is 0.201 e. The molecule has 6 aromatic carbocycles. The molecule has 0 aliphatic rings. The molecular weight excluding hydrogens is 1100 g/mol. The van der Waals surface area contributed by atoms with Crippen LogP contribution in [0, 0.1) is 89.9 Å². The van der Waals surface area contributed by atoms with E-state index in [0.717, 1.165) is 28.2 Å². The van der Waals surface area contributed by atoms with E-state index in [4.69, 9.17) is 17.8 Å². The average Bonchev–Trinajstić information content (AvgIpc) is 0.752. The van der Waals surface area contributed by atoms with Gasteiger partial charge < -0.3 is 0 Å². The Morgan fingerprint density at radius 1 is 0.308 bits per heavy atom. The fourth-order valence-corrected chi connectivity index (χ4v) is 10.6. The van der Waals surface area contributed by atoms with E-state index in [-0.39, 0.29) is 53.7 Å². The molecule has 0 saturated heterocycles. The number of hydrogen-bond acceptors (Lipinski definition) is 0. The average molecular weight is 1220 g/mol. The highest BCUT2D eigenvalue weighted by Crippen LogP contribution is 2.26. The van der Waals surface area contributed by atoms with E-state index in [2.05, 4.69) is 223 Å². The van der Waals surface area contributed by atoms with Gasteiger partial charge in [-0.25, -0.2) is 18.3 Å². The third kappa shape index (κ3) is 18.2. The molecule has 0 radical (unpaired) electrons. The van der Waals surface area contributed by atoms with Gasteiger partial charge in [-0.15, -0.1) is 0 Å². The van der Waals surface area contributed by atoms with Crippen LogP contribution in [0.1, 0.15) is 90.4 Å². The molecule has 0 fully saturated rings. The zero-order valence-corrected chi connectivity index (χ0v) is 56.3. The van der Waals surface area contributed by atoms with Gasteiger partial charge in [0.1, 0.15) is 43.7 Å². The van der Waals surface area contributed by atoms with Gasteiger partial charge in [-0.3, -0.25) is 0 Å². The largest absolute Gasteiger partial charge is 0.215 e. The van der Waals surface area contributed by atoms with Gasteiger partial charge in [0.05, 0.1) is 8.22 Å². The minimum absolute atomic E-state index is 0.0131. The standard InChI is InChI=1S/C15H18N.5C14H16N/c1-11-9-10-15(16(4)13(11)3)14-8-6-5-7-12(14)2;1-11-7-4-5-9-13(11)14-12(2)8-6-10-15(14)3;1-11-7-4-5-9-13(11)14-10-6-8-12(2)15(14)3;1-11-7-8-12(2)13(10-11)14-6-4-5-9-15(14)3;1-11-8-9-15(3)14(10-11)13-7-5-4-6-12(13)2;1-11-8-9-14(15(3)10-11)13-7-5-4-6-12(13)2/h5-10H,1-4H3;5*4-10H,1-3H3/q6*+1/i1D3;;;4D,5D,6D,7D,8D,9D,10D;;1D3. The van der Waals surface area contributed by atoms with Crippen LogP contribution < -0.4 is 27.4 Å². The highest BCUT2D eigenvalue weighted by molar-refractivity contribution is 5.66. The van der Waals surface area contributed by atoms with Gasteiger partial charge in [0, 0.05) is 127 Å². The number of aromatic nitrogens is 6. The number of rotatable bonds is 6. The first-order valence-electron chi connectivity index (χ1n) is 37.1. The number of pyridine rings is 6. The SMILES string of the molecule is Cc1cc[n+](C)c(-c2ccccc2C)c1.Cc1ccccc1-c1c(C)ccc[n+]1C.Cc1ccccc1-c1cccc(C)[n+]1C.[2H]C([2H])([2H])c1ccc(-c2ccccc2C)[n+](C)c1.[2H]C([2H])([2H])c1ccc(-c2ccccc2C)[n+](C)c1C.[2H]c1c([2H])c([2H])[n+](C)c(-c2c([2H])c(C)c([2H])c([2H])c2C)c1[2H]. The van der Waals surface area contributed by atoms with Crippen molar-refractivity contribution in [3.05, 3.63) is 322 Å². The summed E-state index contributed by atoms with van der Waals surface area (Å²) >= 11 is 0. The first-order chi connectivity index (χ1) is 48.9. The number of nitrogens with zero attached hydrogens (tertiary/aromatic N) is 6. The van der Waals surface area contributed by atoms with Crippen LogP contribution in [0.3, 0.4) is 0 Å². The minimum Gasteiger partial charge on any atom is -0.201 e. The Hall–Kier alpha value is -9.78. The minimum atomic E-state index is -2.06. The Labute approximate surface area is 564 Å². The topological polar surface area (TPSA) is 23.3 Å². The number of benzene rings is 6. The first kappa shape index (κ1) is 52.0. The summed E-state index contributed by atoms with van der Waals surface area (Å²) in [7, 11) is 11.6. The lowest BCUT2D eigenvalue weighted by Gasteiger charge is -2.07. The van der Waals surface area contributed by atoms with Crippen molar-refractivity contribution >= 4 is 0 Å². The second kappa shape index (κ2) is 32.6. The zero-order valence-electron chi connectivity index (χ0n) is 69.3. The van der Waals surface area contributed by atoms with E-state index < -0.39 is 13.7 Å². The molecule has 462 valence electrons. The monoisotopic (exact) mass is 1220 g/mol. The first-order valence-corrected chi connectivity index (χ1v) is 30.6. The van der Waals surface area contributed by atoms with Crippen molar-refractivity contribution in [3.8, 4) is 67.5 Å². The summed E-state index contributed by atoms with van der Waals surface area (Å²) in [6.07, 6.45) is 5.65. The Bertz CT molecular complexity index is 4890. The van der Waals surface area contributed by atoms with Gasteiger partial charge in [0.25, 0.3) is 0 Å². The summed E-state index contributed by atoms with van der Waals surface area (Å²) in [5.74, 6) is 0. The fraction of sp³-hybridized carbons (Fsp3) is 0.224. The van der Waals surface area contributed by atoms with Crippen molar-refractivity contribution < 1.29 is 45.2 Å². The maximum atomic E-state index is 8.23. The Morgan fingerprint density at radius 3 is 1.36 bits per heavy atom. The molecule has 6 aromatic heterocycles. The predicted molar refractivity (Wildman–Crippen MR) is 380 cm³/mol. The molecule has 91 heavy (non-hydrogen) atoms. The molecule has 6 heterocycles. The molecule has 0 atom stereocenters. The maximum Gasteiger partial charge on any atom is 0.215 e. The van der Waals surface area contributed by atoms with E-state index in [1.54, 1.807) is 32.2 Å². The molecule has 0 aliphatic heterocycles. The van der Waals surface area contributed by atoms with Crippen LogP contribution in [0.5, 0.6) is 0 Å². The summed E-state index contributed by atoms with van der Waals surface area (Å²) in [4.78, 5) is 0. The second-order valence-corrected chi connectivity index (χ2v) is 23.1. The van der Waals surface area contributed by atoms with Crippen molar-refractivity contribution in [3.63, 3.8) is 0 Å². The van der Waals surface area contributed by atoms with Gasteiger partial charge in [0.15, 0.2) is 36.2 Å². The number of aryl methyl sites for hydroxylation is 13. The van der Waals surface area contributed by atoms with Crippen LogP contribution >= 0.6 is 0 Å². The van der Waals surface area contributed by atoms with E-state index in [0.29, 0.717) is 22.3 Å². The lowest BCUT2D eigenvalue weighted by molar-refractivity contribution is -0.667. The second-order valence-electron chi connectivity index (χ2n) is 23.1. The molecule has 0 unspecified atom stereocenters. The van der Waals surface area contributed by atoms with Crippen molar-refractivity contribution in [2.75, 3.05) is 0 Å². The molecule has 0 N–H and O–H groups in total. The Morgan fingerprint density at radius 2 is 0.824 bits per heavy atom. The van der Waals surface area contributed by atoms with Crippen LogP contribution in [0.25, 0.3) is 67.5 Å². The van der Waals surface area contributed by atoms with E-state index in [9.17, 15) is 0 Å². The van der Waals surface area contributed by atoms with Crippen LogP contribution in [0.4, 0.5) is 0 Å². The summed E-state index contributed by atoms with van der Waals surface area (Å²) in [6, 6.07) is 62.8. The van der Waals surface area contributed by atoms with Gasteiger partial charge in [-0.1, -0.05) is 109 Å². The third-order valence-corrected chi connectivity index (χ3v) is 16.2. The summed E-state index contributed by atoms with van der Waals surface area (Å²) < 4.78 is 112. The van der Waals surface area contributed by atoms with E-state index in [1.807, 2.05) is 85.6 Å². The van der Waals surface area contributed by atoms with Gasteiger partial charge >= 0.3 is 0 Å². The molecular formula is C85H98N6+6. The van der Waals surface area contributed by atoms with Gasteiger partial charge in [-0.05, 0) is 182 Å². The lowest BCUT2D eigenvalue weighted by Crippen LogP contribution is -2.35. The summed E-state index contributed by atoms with van der Waals surface area (Å²) in [5, 5.41) is 0. The maximum absolute atomic E-state index is 8.23. The summed E-state index contributed by atoms with van der Waals surface area (Å²) in [6.45, 7) is 17.9. The predicted octanol–water partition coefficient (Wildman–Crippen LogP) is 17.1. The zero-order chi connectivity index (χ0) is 77.0. The lowest BCUT2D eigenvalue weighted by atomic mass is 10.0. The molecule has 12 rings (SSSR count). The van der Waals surface area contributed by atoms with Crippen molar-refractivity contribution in [2.24, 2.45) is 42.3 Å². The highest BCUT2D eigenvalue weighted by atomic mass is 15.0. The molecule has 12 aromatic rings. The van der Waals surface area contributed by atoms with E-state index >= 15 is 0 Å². The Kier molecular flexibility index (Phi) is 18.7. The van der Waals surface area contributed by atoms with Crippen molar-refractivity contribution in [2.45, 2.75) is 89.9 Å². The van der Waals surface area contributed by atoms with Crippen molar-refractivity contribution in [1.29, 1.82) is 0 Å². The molecule has 0 amide bonds.